The van der Waals surface area contributed by atoms with Gasteiger partial charge in [0.05, 0.1) is 15.4 Å². The van der Waals surface area contributed by atoms with Gasteiger partial charge in [0.15, 0.2) is 24.7 Å². The highest BCUT2D eigenvalue weighted by Crippen LogP contribution is 2.23. The maximum atomic E-state index is 12.1. The van der Waals surface area contributed by atoms with Crippen LogP contribution in [0, 0.1) is 0 Å². The van der Waals surface area contributed by atoms with E-state index in [0.29, 0.717) is 0 Å². The molecular formula is C11H17NO4S2. The quantitative estimate of drug-likeness (QED) is 0.842. The second-order valence-corrected chi connectivity index (χ2v) is 9.78. The standard InChI is InChI=1S/C11H17NO4S2/c1-5-17(13,14)9-6-7-10(12-8-9)18(15,16)11(2,3)4/h6-8H,5H2,1-4H3. The molecule has 0 atom stereocenters. The van der Waals surface area contributed by atoms with Gasteiger partial charge in [-0.25, -0.2) is 21.8 Å². The van der Waals surface area contributed by atoms with Crippen molar-refractivity contribution in [3.63, 3.8) is 0 Å². The van der Waals surface area contributed by atoms with Crippen molar-refractivity contribution in [2.45, 2.75) is 42.4 Å². The molecule has 0 radical (unpaired) electrons. The lowest BCUT2D eigenvalue weighted by Gasteiger charge is -2.18. The molecule has 0 saturated carbocycles. The monoisotopic (exact) mass is 291 g/mol. The summed E-state index contributed by atoms with van der Waals surface area (Å²) in [6.07, 6.45) is 1.09. The summed E-state index contributed by atoms with van der Waals surface area (Å²) < 4.78 is 46.3. The molecule has 1 aromatic heterocycles. The molecule has 0 unspecified atom stereocenters. The zero-order valence-corrected chi connectivity index (χ0v) is 12.5. The van der Waals surface area contributed by atoms with Crippen LogP contribution in [0.25, 0.3) is 0 Å². The van der Waals surface area contributed by atoms with Gasteiger partial charge in [0.25, 0.3) is 0 Å². The topological polar surface area (TPSA) is 81.2 Å². The van der Waals surface area contributed by atoms with Crippen molar-refractivity contribution in [1.29, 1.82) is 0 Å². The second kappa shape index (κ2) is 4.62. The van der Waals surface area contributed by atoms with Crippen LogP contribution in [0.4, 0.5) is 0 Å². The van der Waals surface area contributed by atoms with Crippen molar-refractivity contribution in [2.24, 2.45) is 0 Å². The molecule has 0 aliphatic heterocycles. The van der Waals surface area contributed by atoms with E-state index in [1.165, 1.54) is 19.1 Å². The van der Waals surface area contributed by atoms with Crippen molar-refractivity contribution in [3.05, 3.63) is 18.3 Å². The lowest BCUT2D eigenvalue weighted by atomic mass is 10.3. The number of sulfone groups is 2. The molecule has 102 valence electrons. The Balaban J connectivity index is 3.29. The minimum Gasteiger partial charge on any atom is -0.243 e. The normalized spacial score (nSPS) is 13.6. The predicted octanol–water partition coefficient (Wildman–Crippen LogP) is 1.45. The summed E-state index contributed by atoms with van der Waals surface area (Å²) in [6.45, 7) is 6.23. The fourth-order valence-electron chi connectivity index (χ4n) is 1.19. The Kier molecular flexibility index (Phi) is 3.88. The lowest BCUT2D eigenvalue weighted by Crippen LogP contribution is -2.28. The van der Waals surface area contributed by atoms with Gasteiger partial charge in [0, 0.05) is 6.20 Å². The molecular weight excluding hydrogens is 274 g/mol. The largest absolute Gasteiger partial charge is 0.243 e. The SMILES string of the molecule is CCS(=O)(=O)c1ccc(S(=O)(=O)C(C)(C)C)nc1. The average Bonchev–Trinajstić information content (AvgIpc) is 2.27. The van der Waals surface area contributed by atoms with Crippen LogP contribution in [0.2, 0.25) is 0 Å². The third-order valence-corrected chi connectivity index (χ3v) is 6.65. The Bertz CT molecular complexity index is 623. The van der Waals surface area contributed by atoms with Crippen molar-refractivity contribution in [1.82, 2.24) is 4.98 Å². The Hall–Kier alpha value is -0.950. The summed E-state index contributed by atoms with van der Waals surface area (Å²) in [5.74, 6) is -0.0416. The van der Waals surface area contributed by atoms with Crippen molar-refractivity contribution in [2.75, 3.05) is 5.75 Å². The zero-order valence-electron chi connectivity index (χ0n) is 10.8. The molecule has 1 heterocycles. The minimum atomic E-state index is -3.55. The summed E-state index contributed by atoms with van der Waals surface area (Å²) in [6, 6.07) is 2.52. The Labute approximate surface area is 108 Å². The molecule has 0 aromatic carbocycles. The fourth-order valence-corrected chi connectivity index (χ4v) is 3.08. The highest BCUT2D eigenvalue weighted by atomic mass is 32.2. The number of rotatable bonds is 3. The van der Waals surface area contributed by atoms with Gasteiger partial charge in [-0.15, -0.1) is 0 Å². The summed E-state index contributed by atoms with van der Waals surface area (Å²) >= 11 is 0. The maximum Gasteiger partial charge on any atom is 0.200 e. The van der Waals surface area contributed by atoms with Crippen LogP contribution >= 0.6 is 0 Å². The first kappa shape index (κ1) is 15.1. The third-order valence-electron chi connectivity index (χ3n) is 2.53. The maximum absolute atomic E-state index is 12.1. The van der Waals surface area contributed by atoms with Crippen LogP contribution in [0.5, 0.6) is 0 Å². The van der Waals surface area contributed by atoms with Gasteiger partial charge in [-0.3, -0.25) is 0 Å². The molecule has 1 rings (SSSR count). The number of nitrogens with zero attached hydrogens (tertiary/aromatic N) is 1. The molecule has 0 N–H and O–H groups in total. The van der Waals surface area contributed by atoms with E-state index in [9.17, 15) is 16.8 Å². The average molecular weight is 291 g/mol. The van der Waals surface area contributed by atoms with Gasteiger partial charge in [0.2, 0.25) is 0 Å². The van der Waals surface area contributed by atoms with Gasteiger partial charge in [-0.2, -0.15) is 0 Å². The molecule has 0 fully saturated rings. The van der Waals surface area contributed by atoms with E-state index in [0.717, 1.165) is 6.20 Å². The van der Waals surface area contributed by atoms with Crippen LogP contribution in [-0.2, 0) is 19.7 Å². The van der Waals surface area contributed by atoms with Gasteiger partial charge < -0.3 is 0 Å². The smallest absolute Gasteiger partial charge is 0.200 e. The summed E-state index contributed by atoms with van der Waals surface area (Å²) in [7, 11) is -6.90. The lowest BCUT2D eigenvalue weighted by molar-refractivity contribution is 0.555. The van der Waals surface area contributed by atoms with Gasteiger partial charge in [-0.1, -0.05) is 6.92 Å². The number of pyridine rings is 1. The molecule has 0 aliphatic carbocycles. The van der Waals surface area contributed by atoms with Crippen LogP contribution in [0.3, 0.4) is 0 Å². The molecule has 0 spiro atoms. The van der Waals surface area contributed by atoms with E-state index in [-0.39, 0.29) is 15.7 Å². The Morgan fingerprint density at radius 1 is 1.11 bits per heavy atom. The van der Waals surface area contributed by atoms with E-state index in [1.807, 2.05) is 0 Å². The fraction of sp³-hybridized carbons (Fsp3) is 0.545. The summed E-state index contributed by atoms with van der Waals surface area (Å²) in [5, 5.41) is -0.106. The van der Waals surface area contributed by atoms with Crippen LogP contribution in [-0.4, -0.2) is 32.3 Å². The summed E-state index contributed by atoms with van der Waals surface area (Å²) in [4.78, 5) is 3.80. The molecule has 0 aliphatic rings. The first-order valence-corrected chi connectivity index (χ1v) is 8.59. The number of hydrogen-bond acceptors (Lipinski definition) is 5. The molecule has 18 heavy (non-hydrogen) atoms. The van der Waals surface area contributed by atoms with Crippen LogP contribution in [0.1, 0.15) is 27.7 Å². The predicted molar refractivity (Wildman–Crippen MR) is 68.9 cm³/mol. The molecule has 0 amide bonds. The Morgan fingerprint density at radius 3 is 2.00 bits per heavy atom. The third kappa shape index (κ3) is 2.72. The number of hydrogen-bond donors (Lipinski definition) is 0. The van der Waals surface area contributed by atoms with Gasteiger partial charge in [0.1, 0.15) is 0 Å². The van der Waals surface area contributed by atoms with Crippen LogP contribution < -0.4 is 0 Å². The molecule has 5 nitrogen and oxygen atoms in total. The second-order valence-electron chi connectivity index (χ2n) is 4.85. The van der Waals surface area contributed by atoms with Crippen molar-refractivity contribution < 1.29 is 16.8 Å². The first-order chi connectivity index (χ1) is 8.02. The zero-order chi connectivity index (χ0) is 14.2. The van der Waals surface area contributed by atoms with E-state index >= 15 is 0 Å². The van der Waals surface area contributed by atoms with E-state index in [2.05, 4.69) is 4.98 Å². The van der Waals surface area contributed by atoms with E-state index < -0.39 is 24.4 Å². The van der Waals surface area contributed by atoms with Crippen LogP contribution in [0.15, 0.2) is 28.3 Å². The minimum absolute atomic E-state index is 0.0397. The molecule has 0 saturated heterocycles. The first-order valence-electron chi connectivity index (χ1n) is 5.46. The van der Waals surface area contributed by atoms with Crippen molar-refractivity contribution >= 4 is 19.7 Å². The molecule has 0 bridgehead atoms. The highest BCUT2D eigenvalue weighted by molar-refractivity contribution is 7.92. The van der Waals surface area contributed by atoms with E-state index in [4.69, 9.17) is 0 Å². The van der Waals surface area contributed by atoms with E-state index in [1.54, 1.807) is 20.8 Å². The van der Waals surface area contributed by atoms with Gasteiger partial charge in [-0.05, 0) is 32.9 Å². The molecule has 7 heteroatoms. The summed E-state index contributed by atoms with van der Waals surface area (Å²) in [5.41, 5.74) is 0. The Morgan fingerprint density at radius 2 is 1.67 bits per heavy atom. The molecule has 1 aromatic rings. The highest BCUT2D eigenvalue weighted by Gasteiger charge is 2.32. The van der Waals surface area contributed by atoms with Gasteiger partial charge >= 0.3 is 0 Å². The van der Waals surface area contributed by atoms with Crippen molar-refractivity contribution in [3.8, 4) is 0 Å². The number of aromatic nitrogens is 1.